The van der Waals surface area contributed by atoms with Crippen LogP contribution in [0.25, 0.3) is 0 Å². The Morgan fingerprint density at radius 2 is 1.39 bits per heavy atom. The van der Waals surface area contributed by atoms with Crippen molar-refractivity contribution in [3.63, 3.8) is 0 Å². The van der Waals surface area contributed by atoms with Crippen LogP contribution in [0.3, 0.4) is 0 Å². The van der Waals surface area contributed by atoms with E-state index < -0.39 is 7.60 Å². The summed E-state index contributed by atoms with van der Waals surface area (Å²) in [6, 6.07) is 17.5. The van der Waals surface area contributed by atoms with E-state index in [1.165, 1.54) is 0 Å². The van der Waals surface area contributed by atoms with Gasteiger partial charge in [-0.1, -0.05) is 42.5 Å². The third-order valence-corrected chi connectivity index (χ3v) is 5.26. The van der Waals surface area contributed by atoms with Crippen molar-refractivity contribution in [3.05, 3.63) is 65.7 Å². The molecule has 0 aliphatic rings. The van der Waals surface area contributed by atoms with E-state index in [9.17, 15) is 4.57 Å². The van der Waals surface area contributed by atoms with Gasteiger partial charge in [0.25, 0.3) is 0 Å². The highest BCUT2D eigenvalue weighted by Gasteiger charge is 2.23. The number of hydrogen-bond donors (Lipinski definition) is 0. The van der Waals surface area contributed by atoms with Gasteiger partial charge >= 0.3 is 7.60 Å². The molecule has 124 valence electrons. The lowest BCUT2D eigenvalue weighted by Crippen LogP contribution is -2.00. The summed E-state index contributed by atoms with van der Waals surface area (Å²) in [5.74, 6) is 0.841. The zero-order chi connectivity index (χ0) is 16.5. The third-order valence-electron chi connectivity index (χ3n) is 3.20. The van der Waals surface area contributed by atoms with E-state index in [0.29, 0.717) is 19.8 Å². The molecule has 0 aromatic heterocycles. The fourth-order valence-corrected chi connectivity index (χ4v) is 3.87. The van der Waals surface area contributed by atoms with Crippen LogP contribution in [0, 0.1) is 0 Å². The van der Waals surface area contributed by atoms with Crippen molar-refractivity contribution in [2.75, 3.05) is 13.2 Å². The smallest absolute Gasteiger partial charge is 0.335 e. The zero-order valence-electron chi connectivity index (χ0n) is 13.6. The van der Waals surface area contributed by atoms with E-state index in [4.69, 9.17) is 13.8 Å². The number of hydrogen-bond acceptors (Lipinski definition) is 4. The van der Waals surface area contributed by atoms with Gasteiger partial charge in [-0.15, -0.1) is 0 Å². The molecule has 0 N–H and O–H groups in total. The van der Waals surface area contributed by atoms with Gasteiger partial charge in [0.15, 0.2) is 0 Å². The van der Waals surface area contributed by atoms with Crippen molar-refractivity contribution in [1.82, 2.24) is 0 Å². The maximum atomic E-state index is 12.5. The van der Waals surface area contributed by atoms with Crippen molar-refractivity contribution < 1.29 is 18.3 Å². The molecule has 23 heavy (non-hydrogen) atoms. The minimum absolute atomic E-state index is 0.286. The predicted molar refractivity (Wildman–Crippen MR) is 91.8 cm³/mol. The van der Waals surface area contributed by atoms with E-state index >= 15 is 0 Å². The lowest BCUT2D eigenvalue weighted by Gasteiger charge is -2.17. The molecule has 5 heteroatoms. The lowest BCUT2D eigenvalue weighted by atomic mass is 10.2. The van der Waals surface area contributed by atoms with E-state index in [2.05, 4.69) is 0 Å². The number of benzene rings is 2. The second-order valence-electron chi connectivity index (χ2n) is 5.02. The van der Waals surface area contributed by atoms with E-state index in [1.54, 1.807) is 0 Å². The Hall–Kier alpha value is -1.61. The molecule has 0 fully saturated rings. The topological polar surface area (TPSA) is 44.8 Å². The normalized spacial score (nSPS) is 11.4. The first kappa shape index (κ1) is 17.7. The van der Waals surface area contributed by atoms with Crippen molar-refractivity contribution in [2.24, 2.45) is 0 Å². The van der Waals surface area contributed by atoms with Crippen LogP contribution in [-0.4, -0.2) is 13.2 Å². The Labute approximate surface area is 137 Å². The van der Waals surface area contributed by atoms with Crippen LogP contribution >= 0.6 is 7.60 Å². The maximum absolute atomic E-state index is 12.5. The van der Waals surface area contributed by atoms with Crippen molar-refractivity contribution in [1.29, 1.82) is 0 Å². The van der Waals surface area contributed by atoms with Crippen LogP contribution in [0.2, 0.25) is 0 Å². The Morgan fingerprint density at radius 1 is 0.826 bits per heavy atom. The van der Waals surface area contributed by atoms with Crippen molar-refractivity contribution in [2.45, 2.75) is 26.6 Å². The van der Waals surface area contributed by atoms with Gasteiger partial charge in [-0.25, -0.2) is 0 Å². The van der Waals surface area contributed by atoms with E-state index in [-0.39, 0.29) is 6.16 Å². The Bertz CT molecular complexity index is 615. The van der Waals surface area contributed by atoms with Gasteiger partial charge in [-0.3, -0.25) is 4.57 Å². The standard InChI is InChI=1S/C18H23O4P/c1-3-21-23(19,22-4-2)15-17-12-10-16(11-13-17)14-20-18-8-6-5-7-9-18/h5-13H,3-4,14-15H2,1-2H3. The van der Waals surface area contributed by atoms with Gasteiger partial charge in [-0.05, 0) is 37.1 Å². The highest BCUT2D eigenvalue weighted by molar-refractivity contribution is 7.53. The summed E-state index contributed by atoms with van der Waals surface area (Å²) in [6.07, 6.45) is 0.286. The van der Waals surface area contributed by atoms with Crippen LogP contribution in [0.4, 0.5) is 0 Å². The fourth-order valence-electron chi connectivity index (χ4n) is 2.17. The third kappa shape index (κ3) is 5.83. The minimum atomic E-state index is -3.05. The second kappa shape index (κ2) is 8.88. The summed E-state index contributed by atoms with van der Waals surface area (Å²) in [7, 11) is -3.05. The molecule has 2 rings (SSSR count). The first-order valence-corrected chi connectivity index (χ1v) is 9.52. The first-order valence-electron chi connectivity index (χ1n) is 7.79. The molecular formula is C18H23O4P. The van der Waals surface area contributed by atoms with Gasteiger partial charge in [0.05, 0.1) is 19.4 Å². The van der Waals surface area contributed by atoms with Gasteiger partial charge in [0.1, 0.15) is 12.4 Å². The van der Waals surface area contributed by atoms with Crippen LogP contribution in [-0.2, 0) is 26.4 Å². The average molecular weight is 334 g/mol. The molecule has 0 atom stereocenters. The fraction of sp³-hybridized carbons (Fsp3) is 0.333. The molecule has 0 aliphatic carbocycles. The molecular weight excluding hydrogens is 311 g/mol. The summed E-state index contributed by atoms with van der Waals surface area (Å²) < 4.78 is 28.9. The molecule has 0 saturated heterocycles. The summed E-state index contributed by atoms with van der Waals surface area (Å²) in [4.78, 5) is 0. The molecule has 4 nitrogen and oxygen atoms in total. The van der Waals surface area contributed by atoms with Gasteiger partial charge in [-0.2, -0.15) is 0 Å². The van der Waals surface area contributed by atoms with Crippen LogP contribution in [0.15, 0.2) is 54.6 Å². The molecule has 0 saturated carbocycles. The Balaban J connectivity index is 1.94. The van der Waals surface area contributed by atoms with E-state index in [1.807, 2.05) is 68.4 Å². The highest BCUT2D eigenvalue weighted by atomic mass is 31.2. The van der Waals surface area contributed by atoms with Crippen LogP contribution in [0.1, 0.15) is 25.0 Å². The molecule has 2 aromatic rings. The number of rotatable bonds is 9. The predicted octanol–water partition coefficient (Wildman–Crippen LogP) is 5.03. The lowest BCUT2D eigenvalue weighted by molar-refractivity contribution is 0.219. The van der Waals surface area contributed by atoms with Gasteiger partial charge < -0.3 is 13.8 Å². The van der Waals surface area contributed by atoms with Gasteiger partial charge in [0, 0.05) is 0 Å². The molecule has 0 bridgehead atoms. The molecule has 0 radical (unpaired) electrons. The second-order valence-corrected chi connectivity index (χ2v) is 7.08. The van der Waals surface area contributed by atoms with Crippen LogP contribution in [0.5, 0.6) is 5.75 Å². The summed E-state index contributed by atoms with van der Waals surface area (Å²) in [5, 5.41) is 0. The molecule has 0 spiro atoms. The number of ether oxygens (including phenoxy) is 1. The summed E-state index contributed by atoms with van der Waals surface area (Å²) >= 11 is 0. The molecule has 0 amide bonds. The molecule has 0 heterocycles. The first-order chi connectivity index (χ1) is 11.1. The van der Waals surface area contributed by atoms with Crippen LogP contribution < -0.4 is 4.74 Å². The van der Waals surface area contributed by atoms with E-state index in [0.717, 1.165) is 16.9 Å². The van der Waals surface area contributed by atoms with Gasteiger partial charge in [0.2, 0.25) is 0 Å². The van der Waals surface area contributed by atoms with Crippen molar-refractivity contribution in [3.8, 4) is 5.75 Å². The average Bonchev–Trinajstić information content (AvgIpc) is 2.55. The largest absolute Gasteiger partial charge is 0.489 e. The summed E-state index contributed by atoms with van der Waals surface area (Å²) in [5.41, 5.74) is 1.99. The SMILES string of the molecule is CCOP(=O)(Cc1ccc(COc2ccccc2)cc1)OCC. The minimum Gasteiger partial charge on any atom is -0.489 e. The zero-order valence-corrected chi connectivity index (χ0v) is 14.5. The Morgan fingerprint density at radius 3 is 1.96 bits per heavy atom. The Kier molecular flexibility index (Phi) is 6.85. The quantitative estimate of drug-likeness (QED) is 0.603. The summed E-state index contributed by atoms with van der Waals surface area (Å²) in [6.45, 7) is 4.88. The molecule has 0 unspecified atom stereocenters. The number of para-hydroxylation sites is 1. The molecule has 2 aromatic carbocycles. The highest BCUT2D eigenvalue weighted by Crippen LogP contribution is 2.51. The van der Waals surface area contributed by atoms with Crippen molar-refractivity contribution >= 4 is 7.60 Å². The molecule has 0 aliphatic heterocycles. The maximum Gasteiger partial charge on any atom is 0.335 e. The monoisotopic (exact) mass is 334 g/mol.